The topological polar surface area (TPSA) is 139 Å². The van der Waals surface area contributed by atoms with Crippen LogP contribution in [-0.4, -0.2) is 39.1 Å². The van der Waals surface area contributed by atoms with Gasteiger partial charge in [0.1, 0.15) is 16.5 Å². The van der Waals surface area contributed by atoms with Crippen molar-refractivity contribution in [2.24, 2.45) is 5.92 Å². The Morgan fingerprint density at radius 1 is 0.820 bits per heavy atom. The predicted molar refractivity (Wildman–Crippen MR) is 190 cm³/mol. The molecule has 0 bridgehead atoms. The van der Waals surface area contributed by atoms with Gasteiger partial charge in [-0.05, 0) is 65.2 Å². The minimum Gasteiger partial charge on any atom is -0.478 e. The highest BCUT2D eigenvalue weighted by Crippen LogP contribution is 2.43. The van der Waals surface area contributed by atoms with Gasteiger partial charge in [-0.15, -0.1) is 11.8 Å². The SMILES string of the molecule is C[C@@H]1[C@H](CSc2ncccc2C(=O)O)O[C@H](c2ccc(CNC(=O)Nc3ccc(Oc4ccccc4)cc3)cc2)O[C@@H]1c1ccc(CO)cc1. The van der Waals surface area contributed by atoms with E-state index in [4.69, 9.17) is 14.2 Å². The molecule has 0 aliphatic carbocycles. The highest BCUT2D eigenvalue weighted by molar-refractivity contribution is 7.99. The molecule has 0 spiro atoms. The van der Waals surface area contributed by atoms with E-state index in [1.807, 2.05) is 78.9 Å². The Kier molecular flexibility index (Phi) is 11.4. The first-order valence-electron chi connectivity index (χ1n) is 16.1. The number of ether oxygens (including phenoxy) is 3. The van der Waals surface area contributed by atoms with E-state index in [2.05, 4.69) is 22.5 Å². The lowest BCUT2D eigenvalue weighted by molar-refractivity contribution is -0.268. The molecule has 4 aromatic carbocycles. The Balaban J connectivity index is 1.09. The summed E-state index contributed by atoms with van der Waals surface area (Å²) in [4.78, 5) is 28.7. The second-order valence-electron chi connectivity index (χ2n) is 11.8. The van der Waals surface area contributed by atoms with E-state index in [-0.39, 0.29) is 36.3 Å². The predicted octanol–water partition coefficient (Wildman–Crippen LogP) is 7.97. The number of urea groups is 1. The highest BCUT2D eigenvalue weighted by atomic mass is 32.2. The molecular formula is C39H37N3O7S. The zero-order valence-corrected chi connectivity index (χ0v) is 28.1. The van der Waals surface area contributed by atoms with Gasteiger partial charge in [0, 0.05) is 35.7 Å². The zero-order valence-electron chi connectivity index (χ0n) is 27.3. The standard InChI is InChI=1S/C39H37N3O7S/c1-25-34(24-50-36-33(37(44)45)8-5-21-40-36)48-38(49-35(25)28-13-11-27(23-43)12-14-28)29-15-9-26(10-16-29)22-41-39(46)42-30-17-19-32(20-18-30)47-31-6-3-2-4-7-31/h2-21,25,34-35,38,43H,22-24H2,1H3,(H,44,45)(H2,41,42,46)/t25-,34+,35+,38+/m1/s1. The van der Waals surface area contributed by atoms with Crippen LogP contribution >= 0.6 is 11.8 Å². The largest absolute Gasteiger partial charge is 0.478 e. The van der Waals surface area contributed by atoms with Crippen LogP contribution in [0.15, 0.2) is 126 Å². The van der Waals surface area contributed by atoms with Crippen molar-refractivity contribution in [1.29, 1.82) is 0 Å². The summed E-state index contributed by atoms with van der Waals surface area (Å²) in [6, 6.07) is 34.7. The number of carbonyl (C=O) groups is 2. The monoisotopic (exact) mass is 691 g/mol. The Bertz CT molecular complexity index is 1870. The Morgan fingerprint density at radius 2 is 1.50 bits per heavy atom. The summed E-state index contributed by atoms with van der Waals surface area (Å²) in [6.07, 6.45) is 0.269. The number of rotatable bonds is 12. The number of carboxylic acid groups (broad SMARTS) is 1. The van der Waals surface area contributed by atoms with Crippen LogP contribution in [0.3, 0.4) is 0 Å². The summed E-state index contributed by atoms with van der Waals surface area (Å²) in [7, 11) is 0. The number of nitrogens with one attached hydrogen (secondary N) is 2. The van der Waals surface area contributed by atoms with Crippen molar-refractivity contribution in [3.05, 3.63) is 149 Å². The first kappa shape index (κ1) is 34.7. The van der Waals surface area contributed by atoms with Crippen molar-refractivity contribution in [1.82, 2.24) is 10.3 Å². The normalized spacial score (nSPS) is 18.6. The van der Waals surface area contributed by atoms with E-state index < -0.39 is 12.3 Å². The smallest absolute Gasteiger partial charge is 0.338 e. The first-order valence-corrected chi connectivity index (χ1v) is 17.1. The van der Waals surface area contributed by atoms with Crippen molar-refractivity contribution in [2.45, 2.75) is 43.6 Å². The molecule has 0 radical (unpaired) electrons. The molecule has 4 atom stereocenters. The van der Waals surface area contributed by atoms with Crippen LogP contribution in [-0.2, 0) is 22.6 Å². The third-order valence-corrected chi connectivity index (χ3v) is 9.40. The molecule has 2 heterocycles. The number of nitrogens with zero attached hydrogens (tertiary/aromatic N) is 1. The number of pyridine rings is 1. The molecule has 0 unspecified atom stereocenters. The van der Waals surface area contributed by atoms with Gasteiger partial charge in [0.05, 0.1) is 24.4 Å². The van der Waals surface area contributed by atoms with Gasteiger partial charge in [-0.3, -0.25) is 0 Å². The summed E-state index contributed by atoms with van der Waals surface area (Å²) >= 11 is 1.34. The number of hydrogen-bond acceptors (Lipinski definition) is 8. The van der Waals surface area contributed by atoms with Crippen LogP contribution in [0.1, 0.15) is 51.9 Å². The molecule has 1 fully saturated rings. The number of thioether (sulfide) groups is 1. The fourth-order valence-electron chi connectivity index (χ4n) is 5.52. The molecule has 11 heteroatoms. The van der Waals surface area contributed by atoms with Crippen LogP contribution in [0.5, 0.6) is 11.5 Å². The fourth-order valence-corrected chi connectivity index (χ4v) is 6.67. The fraction of sp³-hybridized carbons (Fsp3) is 0.205. The molecule has 10 nitrogen and oxygen atoms in total. The molecule has 5 aromatic rings. The maximum Gasteiger partial charge on any atom is 0.338 e. The first-order chi connectivity index (χ1) is 24.4. The number of hydrogen-bond donors (Lipinski definition) is 4. The summed E-state index contributed by atoms with van der Waals surface area (Å²) in [5.74, 6) is 0.752. The number of amides is 2. The van der Waals surface area contributed by atoms with Crippen molar-refractivity contribution in [3.8, 4) is 11.5 Å². The Morgan fingerprint density at radius 3 is 2.20 bits per heavy atom. The highest BCUT2D eigenvalue weighted by Gasteiger charge is 2.38. The van der Waals surface area contributed by atoms with Crippen molar-refractivity contribution < 1.29 is 34.0 Å². The average molecular weight is 692 g/mol. The number of anilines is 1. The maximum atomic E-state index is 12.6. The number of aliphatic hydroxyl groups is 1. The van der Waals surface area contributed by atoms with Gasteiger partial charge in [0.2, 0.25) is 0 Å². The van der Waals surface area contributed by atoms with E-state index in [9.17, 15) is 19.8 Å². The van der Waals surface area contributed by atoms with Crippen LogP contribution in [0.2, 0.25) is 0 Å². The van der Waals surface area contributed by atoms with E-state index in [0.717, 1.165) is 28.0 Å². The van der Waals surface area contributed by atoms with Gasteiger partial charge in [-0.1, -0.05) is 73.7 Å². The van der Waals surface area contributed by atoms with Crippen LogP contribution in [0.25, 0.3) is 0 Å². The summed E-state index contributed by atoms with van der Waals surface area (Å²) in [6.45, 7) is 2.30. The van der Waals surface area contributed by atoms with Crippen LogP contribution in [0, 0.1) is 5.92 Å². The lowest BCUT2D eigenvalue weighted by Gasteiger charge is -2.41. The van der Waals surface area contributed by atoms with E-state index in [1.165, 1.54) is 11.8 Å². The van der Waals surface area contributed by atoms with Gasteiger partial charge >= 0.3 is 12.0 Å². The van der Waals surface area contributed by atoms with E-state index in [1.54, 1.807) is 42.6 Å². The number of carboxylic acids is 1. The number of aromatic carboxylic acids is 1. The molecule has 50 heavy (non-hydrogen) atoms. The summed E-state index contributed by atoms with van der Waals surface area (Å²) < 4.78 is 18.9. The molecule has 2 amide bonds. The molecule has 256 valence electrons. The van der Waals surface area contributed by atoms with Gasteiger partial charge in [0.25, 0.3) is 0 Å². The third-order valence-electron chi connectivity index (χ3n) is 8.31. The van der Waals surface area contributed by atoms with Crippen molar-refractivity contribution in [2.75, 3.05) is 11.1 Å². The number of aromatic nitrogens is 1. The maximum absolute atomic E-state index is 12.6. The molecule has 1 aliphatic rings. The lowest BCUT2D eigenvalue weighted by Crippen LogP contribution is -2.38. The van der Waals surface area contributed by atoms with Crippen LogP contribution < -0.4 is 15.4 Å². The second-order valence-corrected chi connectivity index (χ2v) is 12.8. The van der Waals surface area contributed by atoms with Gasteiger partial charge in [-0.25, -0.2) is 14.6 Å². The van der Waals surface area contributed by atoms with Gasteiger partial charge in [-0.2, -0.15) is 0 Å². The number of carbonyl (C=O) groups excluding carboxylic acids is 1. The summed E-state index contributed by atoms with van der Waals surface area (Å²) in [5.41, 5.74) is 4.23. The molecule has 4 N–H and O–H groups in total. The zero-order chi connectivity index (χ0) is 34.9. The number of aliphatic hydroxyl groups excluding tert-OH is 1. The van der Waals surface area contributed by atoms with E-state index >= 15 is 0 Å². The molecule has 6 rings (SSSR count). The second kappa shape index (κ2) is 16.5. The quantitative estimate of drug-likeness (QED) is 0.0960. The minimum atomic E-state index is -1.03. The molecule has 0 saturated carbocycles. The van der Waals surface area contributed by atoms with Crippen LogP contribution in [0.4, 0.5) is 10.5 Å². The number of benzene rings is 4. The Hall–Kier alpha value is -5.20. The van der Waals surface area contributed by atoms with Crippen molar-refractivity contribution >= 4 is 29.4 Å². The molecule has 1 aliphatic heterocycles. The van der Waals surface area contributed by atoms with Gasteiger partial charge < -0.3 is 35.1 Å². The van der Waals surface area contributed by atoms with E-state index in [0.29, 0.717) is 28.8 Å². The molecule has 1 saturated heterocycles. The third kappa shape index (κ3) is 8.87. The Labute approximate surface area is 294 Å². The minimum absolute atomic E-state index is 0.0527. The summed E-state index contributed by atoms with van der Waals surface area (Å²) in [5, 5.41) is 25.3. The number of para-hydroxylation sites is 1. The van der Waals surface area contributed by atoms with Crippen molar-refractivity contribution in [3.63, 3.8) is 0 Å². The van der Waals surface area contributed by atoms with Gasteiger partial charge in [0.15, 0.2) is 6.29 Å². The molecular weight excluding hydrogens is 655 g/mol. The lowest BCUT2D eigenvalue weighted by atomic mass is 9.91. The molecule has 1 aromatic heterocycles. The average Bonchev–Trinajstić information content (AvgIpc) is 3.15.